The molecule has 0 heterocycles. The first kappa shape index (κ1) is 19.0. The number of hydrogen-bond acceptors (Lipinski definition) is 4. The second kappa shape index (κ2) is 8.67. The molecule has 0 aliphatic rings. The van der Waals surface area contributed by atoms with E-state index in [4.69, 9.17) is 4.74 Å². The normalized spacial score (nSPS) is 10.2. The van der Waals surface area contributed by atoms with Crippen molar-refractivity contribution >= 4 is 28.0 Å². The van der Waals surface area contributed by atoms with Gasteiger partial charge >= 0.3 is 12.1 Å². The molecule has 0 atom stereocenters. The van der Waals surface area contributed by atoms with Crippen LogP contribution in [0.15, 0.2) is 40.9 Å². The molecule has 0 bridgehead atoms. The molecule has 6 heteroatoms. The van der Waals surface area contributed by atoms with Crippen molar-refractivity contribution in [1.29, 1.82) is 0 Å². The largest absolute Gasteiger partial charge is 0.465 e. The Morgan fingerprint density at radius 1 is 1.08 bits per heavy atom. The molecule has 2 aromatic rings. The van der Waals surface area contributed by atoms with Crippen molar-refractivity contribution in [2.45, 2.75) is 20.3 Å². The number of rotatable bonds is 5. The molecule has 0 saturated carbocycles. The Hall–Kier alpha value is -2.34. The zero-order chi connectivity index (χ0) is 18.4. The van der Waals surface area contributed by atoms with Crippen LogP contribution in [-0.4, -0.2) is 25.7 Å². The Labute approximate surface area is 155 Å². The summed E-state index contributed by atoms with van der Waals surface area (Å²) in [5, 5.41) is 2.70. The van der Waals surface area contributed by atoms with Crippen LogP contribution in [-0.2, 0) is 11.2 Å². The lowest BCUT2D eigenvalue weighted by atomic mass is 10.0. The van der Waals surface area contributed by atoms with Crippen LogP contribution in [0.25, 0.3) is 0 Å². The van der Waals surface area contributed by atoms with E-state index in [1.807, 2.05) is 19.1 Å². The summed E-state index contributed by atoms with van der Waals surface area (Å²) in [6.45, 7) is 4.54. The van der Waals surface area contributed by atoms with Crippen LogP contribution < -0.4 is 10.1 Å². The fraction of sp³-hybridized carbons (Fsp3) is 0.263. The first-order chi connectivity index (χ1) is 11.9. The summed E-state index contributed by atoms with van der Waals surface area (Å²) < 4.78 is 11.0. The van der Waals surface area contributed by atoms with Gasteiger partial charge in [0.05, 0.1) is 7.11 Å². The van der Waals surface area contributed by atoms with E-state index in [9.17, 15) is 9.59 Å². The first-order valence-electron chi connectivity index (χ1n) is 7.81. The van der Waals surface area contributed by atoms with Gasteiger partial charge in [-0.05, 0) is 55.2 Å². The average Bonchev–Trinajstić information content (AvgIpc) is 2.61. The number of carbonyl (C=O) groups is 2. The van der Waals surface area contributed by atoms with Crippen molar-refractivity contribution in [3.8, 4) is 5.75 Å². The second-order valence-electron chi connectivity index (χ2n) is 5.51. The molecule has 132 valence electrons. The van der Waals surface area contributed by atoms with Crippen LogP contribution in [0.5, 0.6) is 5.75 Å². The van der Waals surface area contributed by atoms with E-state index in [1.165, 1.54) is 18.2 Å². The number of methoxy groups -OCH3 is 1. The summed E-state index contributed by atoms with van der Waals surface area (Å²) in [6.07, 6.45) is 0.0797. The quantitative estimate of drug-likeness (QED) is 0.757. The van der Waals surface area contributed by atoms with Crippen molar-refractivity contribution in [3.63, 3.8) is 0 Å². The maximum absolute atomic E-state index is 12.0. The van der Waals surface area contributed by atoms with Gasteiger partial charge in [-0.1, -0.05) is 34.1 Å². The number of para-hydroxylation sites is 1. The van der Waals surface area contributed by atoms with E-state index in [-0.39, 0.29) is 11.3 Å². The number of ether oxygens (including phenoxy) is 2. The minimum Gasteiger partial charge on any atom is -0.465 e. The third-order valence-corrected chi connectivity index (χ3v) is 4.85. The van der Waals surface area contributed by atoms with Crippen molar-refractivity contribution < 1.29 is 19.1 Å². The van der Waals surface area contributed by atoms with Crippen LogP contribution in [0.3, 0.4) is 0 Å². The summed E-state index contributed by atoms with van der Waals surface area (Å²) in [7, 11) is 1.28. The van der Waals surface area contributed by atoms with E-state index in [2.05, 4.69) is 32.9 Å². The van der Waals surface area contributed by atoms with Crippen molar-refractivity contribution in [3.05, 3.63) is 63.1 Å². The topological polar surface area (TPSA) is 64.6 Å². The lowest BCUT2D eigenvalue weighted by Gasteiger charge is -2.12. The molecule has 0 spiro atoms. The van der Waals surface area contributed by atoms with Crippen LogP contribution in [0, 0.1) is 13.8 Å². The molecule has 5 nitrogen and oxygen atoms in total. The van der Waals surface area contributed by atoms with Crippen molar-refractivity contribution in [2.75, 3.05) is 13.7 Å². The van der Waals surface area contributed by atoms with Gasteiger partial charge in [0.25, 0.3) is 0 Å². The van der Waals surface area contributed by atoms with Crippen molar-refractivity contribution in [2.24, 2.45) is 0 Å². The van der Waals surface area contributed by atoms with E-state index in [1.54, 1.807) is 24.3 Å². The lowest BCUT2D eigenvalue weighted by molar-refractivity contribution is 0.0598. The number of esters is 1. The van der Waals surface area contributed by atoms with E-state index < -0.39 is 12.1 Å². The monoisotopic (exact) mass is 405 g/mol. The molecule has 0 radical (unpaired) electrons. The Kier molecular flexibility index (Phi) is 6.58. The van der Waals surface area contributed by atoms with E-state index in [0.29, 0.717) is 13.0 Å². The van der Waals surface area contributed by atoms with Crippen LogP contribution in [0.1, 0.15) is 27.0 Å². The Bertz CT molecular complexity index is 789. The molecule has 1 amide bonds. The number of amides is 1. The predicted molar refractivity (Wildman–Crippen MR) is 99.1 cm³/mol. The maximum atomic E-state index is 12.0. The smallest absolute Gasteiger partial charge is 0.412 e. The van der Waals surface area contributed by atoms with Gasteiger partial charge in [-0.3, -0.25) is 0 Å². The number of hydrogen-bond donors (Lipinski definition) is 1. The van der Waals surface area contributed by atoms with Crippen LogP contribution in [0.2, 0.25) is 0 Å². The molecule has 0 unspecified atom stereocenters. The molecule has 0 aliphatic heterocycles. The number of carbonyl (C=O) groups excluding carboxylic acids is 2. The predicted octanol–water partition coefficient (Wildman–Crippen LogP) is 4.18. The number of benzene rings is 2. The Morgan fingerprint density at radius 2 is 1.80 bits per heavy atom. The molecule has 25 heavy (non-hydrogen) atoms. The summed E-state index contributed by atoms with van der Waals surface area (Å²) in [5.41, 5.74) is 3.75. The van der Waals surface area contributed by atoms with Gasteiger partial charge in [0.2, 0.25) is 0 Å². The fourth-order valence-electron chi connectivity index (χ4n) is 2.38. The third kappa shape index (κ3) is 4.82. The highest BCUT2D eigenvalue weighted by Crippen LogP contribution is 2.22. The third-order valence-electron chi connectivity index (χ3n) is 3.99. The number of halogens is 1. The molecule has 0 saturated heterocycles. The van der Waals surface area contributed by atoms with E-state index in [0.717, 1.165) is 10.0 Å². The molecular weight excluding hydrogens is 386 g/mol. The summed E-state index contributed by atoms with van der Waals surface area (Å²) >= 11 is 3.51. The van der Waals surface area contributed by atoms with Gasteiger partial charge < -0.3 is 14.8 Å². The second-order valence-corrected chi connectivity index (χ2v) is 6.36. The van der Waals surface area contributed by atoms with Gasteiger partial charge in [-0.25, -0.2) is 9.59 Å². The Balaban J connectivity index is 1.94. The molecule has 0 aliphatic carbocycles. The average molecular weight is 406 g/mol. The zero-order valence-electron chi connectivity index (χ0n) is 14.4. The lowest BCUT2D eigenvalue weighted by Crippen LogP contribution is -2.29. The molecular formula is C19H20BrNO4. The highest BCUT2D eigenvalue weighted by Gasteiger charge is 2.15. The van der Waals surface area contributed by atoms with Crippen LogP contribution >= 0.6 is 15.9 Å². The summed E-state index contributed by atoms with van der Waals surface area (Å²) in [4.78, 5) is 23.7. The Morgan fingerprint density at radius 3 is 2.52 bits per heavy atom. The highest BCUT2D eigenvalue weighted by atomic mass is 79.9. The maximum Gasteiger partial charge on any atom is 0.412 e. The SMILES string of the molecule is COC(=O)c1ccccc1OC(=O)NCCc1ccc(Br)c(C)c1C. The van der Waals surface area contributed by atoms with Crippen molar-refractivity contribution in [1.82, 2.24) is 5.32 Å². The minimum absolute atomic E-state index is 0.169. The zero-order valence-corrected chi connectivity index (χ0v) is 16.0. The van der Waals surface area contributed by atoms with Gasteiger partial charge in [-0.15, -0.1) is 0 Å². The first-order valence-corrected chi connectivity index (χ1v) is 8.61. The molecule has 0 fully saturated rings. The van der Waals surface area contributed by atoms with Crippen LogP contribution in [0.4, 0.5) is 4.79 Å². The fourth-order valence-corrected chi connectivity index (χ4v) is 2.81. The molecule has 2 rings (SSSR count). The van der Waals surface area contributed by atoms with Gasteiger partial charge in [-0.2, -0.15) is 0 Å². The highest BCUT2D eigenvalue weighted by molar-refractivity contribution is 9.10. The number of nitrogens with one attached hydrogen (secondary N) is 1. The molecule has 1 N–H and O–H groups in total. The standard InChI is InChI=1S/C19H20BrNO4/c1-12-13(2)16(20)9-8-14(12)10-11-21-19(23)25-17-7-5-4-6-15(17)18(22)24-3/h4-9H,10-11H2,1-3H3,(H,21,23). The van der Waals surface area contributed by atoms with Gasteiger partial charge in [0.15, 0.2) is 0 Å². The van der Waals surface area contributed by atoms with Gasteiger partial charge in [0.1, 0.15) is 11.3 Å². The minimum atomic E-state index is -0.608. The summed E-state index contributed by atoms with van der Waals surface area (Å²) in [5.74, 6) is -0.383. The van der Waals surface area contributed by atoms with Gasteiger partial charge in [0, 0.05) is 11.0 Å². The molecule has 2 aromatic carbocycles. The van der Waals surface area contributed by atoms with E-state index >= 15 is 0 Å². The summed E-state index contributed by atoms with van der Waals surface area (Å²) in [6, 6.07) is 10.5. The molecule has 0 aromatic heterocycles.